The van der Waals surface area contributed by atoms with Crippen LogP contribution in [0.2, 0.25) is 0 Å². The molecule has 0 radical (unpaired) electrons. The Balaban J connectivity index is 1.25. The molecule has 2 atom stereocenters. The van der Waals surface area contributed by atoms with Crippen LogP contribution < -0.4 is 0 Å². The molecule has 9 heteroatoms. The Bertz CT molecular complexity index is 1380. The third-order valence-electron chi connectivity index (χ3n) is 8.01. The number of rotatable bonds is 8. The van der Waals surface area contributed by atoms with Crippen molar-refractivity contribution >= 4 is 16.7 Å². The molecule has 6 rings (SSSR count). The van der Waals surface area contributed by atoms with E-state index in [0.29, 0.717) is 44.0 Å². The minimum absolute atomic E-state index is 0.120. The summed E-state index contributed by atoms with van der Waals surface area (Å²) >= 11 is 0. The van der Waals surface area contributed by atoms with Crippen molar-refractivity contribution in [2.75, 3.05) is 46.0 Å². The third-order valence-corrected chi connectivity index (χ3v) is 9.41. The zero-order valence-corrected chi connectivity index (χ0v) is 24.2. The van der Waals surface area contributed by atoms with Crippen molar-refractivity contribution in [3.63, 3.8) is 0 Å². The molecule has 3 aliphatic heterocycles. The molecule has 8 nitrogen and oxygen atoms in total. The van der Waals surface area contributed by atoms with E-state index in [4.69, 9.17) is 14.6 Å². The molecule has 3 aliphatic rings. The molecule has 1 amide bonds. The Morgan fingerprint density at radius 1 is 1.10 bits per heavy atom. The predicted molar refractivity (Wildman–Crippen MR) is 155 cm³/mol. The molecule has 0 spiro atoms. The molecule has 3 aromatic rings. The molecule has 212 valence electrons. The van der Waals surface area contributed by atoms with Crippen LogP contribution in [0.5, 0.6) is 0 Å². The van der Waals surface area contributed by atoms with Gasteiger partial charge in [-0.25, -0.2) is 4.68 Å². The van der Waals surface area contributed by atoms with Gasteiger partial charge in [-0.1, -0.05) is 44.2 Å². The van der Waals surface area contributed by atoms with Gasteiger partial charge in [0.15, 0.2) is 5.69 Å². The van der Waals surface area contributed by atoms with Crippen LogP contribution in [0.25, 0.3) is 16.9 Å². The van der Waals surface area contributed by atoms with E-state index in [1.165, 1.54) is 5.56 Å². The number of carbonyl (C=O) groups excluding carboxylic acids is 1. The summed E-state index contributed by atoms with van der Waals surface area (Å²) in [6.45, 7) is 10.3. The van der Waals surface area contributed by atoms with Gasteiger partial charge in [-0.15, -0.1) is 0 Å². The number of benzene rings is 2. The normalized spacial score (nSPS) is 21.0. The average Bonchev–Trinajstić information content (AvgIpc) is 3.58. The number of hydrogen-bond acceptors (Lipinski definition) is 6. The smallest absolute Gasteiger partial charge is 0.274 e. The molecule has 0 aliphatic carbocycles. The van der Waals surface area contributed by atoms with Crippen molar-refractivity contribution in [3.8, 4) is 16.9 Å². The number of morpholine rings is 1. The molecule has 0 bridgehead atoms. The van der Waals surface area contributed by atoms with Gasteiger partial charge < -0.3 is 14.4 Å². The molecular formula is C31H38N4O4S. The zero-order valence-electron chi connectivity index (χ0n) is 23.4. The number of nitrogens with zero attached hydrogens (tertiary/aromatic N) is 4. The Kier molecular flexibility index (Phi) is 8.16. The quantitative estimate of drug-likeness (QED) is 0.408. The Labute approximate surface area is 238 Å². The van der Waals surface area contributed by atoms with E-state index in [0.717, 1.165) is 66.5 Å². The summed E-state index contributed by atoms with van der Waals surface area (Å²) < 4.78 is 26.6. The van der Waals surface area contributed by atoms with Crippen molar-refractivity contribution in [3.05, 3.63) is 65.4 Å². The minimum atomic E-state index is -1.23. The lowest BCUT2D eigenvalue weighted by molar-refractivity contribution is 0.0298. The second-order valence-corrected chi connectivity index (χ2v) is 12.8. The molecule has 1 aromatic heterocycles. The van der Waals surface area contributed by atoms with E-state index < -0.39 is 10.8 Å². The molecule has 2 aromatic carbocycles. The van der Waals surface area contributed by atoms with Gasteiger partial charge in [0.1, 0.15) is 0 Å². The van der Waals surface area contributed by atoms with Gasteiger partial charge in [0, 0.05) is 55.4 Å². The highest BCUT2D eigenvalue weighted by molar-refractivity contribution is 7.84. The number of likely N-dealkylation sites (tertiary alicyclic amines) is 1. The molecular weight excluding hydrogens is 524 g/mol. The van der Waals surface area contributed by atoms with E-state index in [2.05, 4.69) is 43.0 Å². The van der Waals surface area contributed by atoms with Crippen LogP contribution in [-0.4, -0.2) is 81.8 Å². The largest absolute Gasteiger partial charge is 0.378 e. The van der Waals surface area contributed by atoms with Gasteiger partial charge in [0.25, 0.3) is 5.91 Å². The number of amides is 1. The number of hydrogen-bond donors (Lipinski definition) is 0. The summed E-state index contributed by atoms with van der Waals surface area (Å²) in [5.41, 5.74) is 5.02. The number of aromatic nitrogens is 2. The number of fused-ring (bicyclic) bond motifs is 3. The molecule has 40 heavy (non-hydrogen) atoms. The van der Waals surface area contributed by atoms with Gasteiger partial charge in [0.05, 0.1) is 47.3 Å². The number of carbonyl (C=O) groups is 1. The zero-order chi connectivity index (χ0) is 27.6. The molecule has 0 N–H and O–H groups in total. The van der Waals surface area contributed by atoms with Gasteiger partial charge in [-0.05, 0) is 42.5 Å². The maximum atomic E-state index is 13.6. The highest BCUT2D eigenvalue weighted by atomic mass is 32.2. The van der Waals surface area contributed by atoms with E-state index in [9.17, 15) is 9.00 Å². The fourth-order valence-corrected chi connectivity index (χ4v) is 7.09. The summed E-state index contributed by atoms with van der Waals surface area (Å²) in [4.78, 5) is 18.6. The predicted octanol–water partition coefficient (Wildman–Crippen LogP) is 4.27. The molecule has 2 unspecified atom stereocenters. The third kappa shape index (κ3) is 5.65. The summed E-state index contributed by atoms with van der Waals surface area (Å²) in [5.74, 6) is 0.830. The van der Waals surface area contributed by atoms with Crippen LogP contribution in [-0.2, 0) is 32.6 Å². The van der Waals surface area contributed by atoms with E-state index in [1.54, 1.807) is 4.90 Å². The fourth-order valence-electron chi connectivity index (χ4n) is 5.76. The Morgan fingerprint density at radius 3 is 2.65 bits per heavy atom. The van der Waals surface area contributed by atoms with Crippen molar-refractivity contribution in [1.29, 1.82) is 0 Å². The van der Waals surface area contributed by atoms with E-state index in [-0.39, 0.29) is 11.7 Å². The second-order valence-electron chi connectivity index (χ2n) is 11.3. The average molecular weight is 563 g/mol. The summed E-state index contributed by atoms with van der Waals surface area (Å²) in [5, 5.41) is 4.88. The highest BCUT2D eigenvalue weighted by Gasteiger charge is 2.34. The van der Waals surface area contributed by atoms with Crippen LogP contribution in [0.3, 0.4) is 0 Å². The van der Waals surface area contributed by atoms with Crippen LogP contribution in [0, 0.1) is 5.92 Å². The maximum Gasteiger partial charge on any atom is 0.274 e. The maximum absolute atomic E-state index is 13.6. The first-order valence-electron chi connectivity index (χ1n) is 14.4. The van der Waals surface area contributed by atoms with Crippen LogP contribution in [0.15, 0.2) is 53.4 Å². The SMILES string of the molecule is CC(C)CCOC1CCN(Cc2ccc(-n3nc(C(=O)N4CCOCC4)c4c3-c3ccccc3S(=O)C4)cc2)C1. The number of ether oxygens (including phenoxy) is 2. The first kappa shape index (κ1) is 27.3. The molecule has 4 heterocycles. The van der Waals surface area contributed by atoms with E-state index in [1.807, 2.05) is 28.9 Å². The Hall–Kier alpha value is -2.85. The molecule has 2 fully saturated rings. The minimum Gasteiger partial charge on any atom is -0.378 e. The summed E-state index contributed by atoms with van der Waals surface area (Å²) in [6.07, 6.45) is 2.51. The molecule has 0 saturated carbocycles. The standard InChI is InChI=1S/C31H38N4O4S/c1-22(2)12-16-39-25-11-13-33(20-25)19-23-7-9-24(10-8-23)35-30-26-5-3-4-6-28(26)40(37)21-27(30)29(32-35)31(36)34-14-17-38-18-15-34/h3-10,22,25H,11-21H2,1-2H3. The first-order valence-corrected chi connectivity index (χ1v) is 15.7. The van der Waals surface area contributed by atoms with Crippen LogP contribution in [0.4, 0.5) is 0 Å². The van der Waals surface area contributed by atoms with Crippen molar-refractivity contribution in [2.45, 2.75) is 50.0 Å². The summed E-state index contributed by atoms with van der Waals surface area (Å²) in [6, 6.07) is 16.2. The fraction of sp³-hybridized carbons (Fsp3) is 0.484. The van der Waals surface area contributed by atoms with Gasteiger partial charge >= 0.3 is 0 Å². The topological polar surface area (TPSA) is 76.9 Å². The van der Waals surface area contributed by atoms with Gasteiger partial charge in [-0.3, -0.25) is 13.9 Å². The van der Waals surface area contributed by atoms with Gasteiger partial charge in [0.2, 0.25) is 0 Å². The van der Waals surface area contributed by atoms with Crippen molar-refractivity contribution in [1.82, 2.24) is 19.6 Å². The monoisotopic (exact) mass is 562 g/mol. The van der Waals surface area contributed by atoms with E-state index >= 15 is 0 Å². The Morgan fingerprint density at radius 2 is 1.88 bits per heavy atom. The molecule has 2 saturated heterocycles. The lowest BCUT2D eigenvalue weighted by atomic mass is 10.0. The van der Waals surface area contributed by atoms with Crippen LogP contribution in [0.1, 0.15) is 48.3 Å². The van der Waals surface area contributed by atoms with Crippen molar-refractivity contribution in [2.24, 2.45) is 5.92 Å². The van der Waals surface area contributed by atoms with Gasteiger partial charge in [-0.2, -0.15) is 5.10 Å². The lowest BCUT2D eigenvalue weighted by Crippen LogP contribution is -2.41. The van der Waals surface area contributed by atoms with Crippen LogP contribution >= 0.6 is 0 Å². The van der Waals surface area contributed by atoms with Crippen molar-refractivity contribution < 1.29 is 18.5 Å². The highest BCUT2D eigenvalue weighted by Crippen LogP contribution is 2.39. The first-order chi connectivity index (χ1) is 19.5. The second kappa shape index (κ2) is 11.9. The lowest BCUT2D eigenvalue weighted by Gasteiger charge is -2.26. The summed E-state index contributed by atoms with van der Waals surface area (Å²) in [7, 11) is -1.23.